The smallest absolute Gasteiger partial charge is 0.354 e. The Kier molecular flexibility index (Phi) is 4.11. The maximum Gasteiger partial charge on any atom is 0.354 e. The van der Waals surface area contributed by atoms with Crippen molar-refractivity contribution in [3.05, 3.63) is 36.0 Å². The summed E-state index contributed by atoms with van der Waals surface area (Å²) in [5.74, 6) is -0.302. The van der Waals surface area contributed by atoms with Crippen molar-refractivity contribution in [2.45, 2.75) is 13.8 Å². The van der Waals surface area contributed by atoms with E-state index in [0.29, 0.717) is 5.69 Å². The van der Waals surface area contributed by atoms with Gasteiger partial charge < -0.3 is 9.30 Å². The number of esters is 1. The van der Waals surface area contributed by atoms with Crippen molar-refractivity contribution in [1.29, 1.82) is 0 Å². The van der Waals surface area contributed by atoms with E-state index in [0.717, 1.165) is 10.9 Å². The average molecular weight is 219 g/mol. The summed E-state index contributed by atoms with van der Waals surface area (Å²) in [6.45, 7) is 4.00. The van der Waals surface area contributed by atoms with E-state index in [1.807, 2.05) is 55.8 Å². The van der Waals surface area contributed by atoms with Gasteiger partial charge in [0.2, 0.25) is 0 Å². The zero-order valence-electron chi connectivity index (χ0n) is 10.2. The van der Waals surface area contributed by atoms with Crippen molar-refractivity contribution in [3.8, 4) is 0 Å². The minimum absolute atomic E-state index is 0.302. The fourth-order valence-corrected chi connectivity index (χ4v) is 1.59. The van der Waals surface area contributed by atoms with Crippen LogP contribution in [-0.4, -0.2) is 17.6 Å². The number of hydrogen-bond acceptors (Lipinski definition) is 2. The summed E-state index contributed by atoms with van der Waals surface area (Å²) < 4.78 is 6.52. The molecule has 0 radical (unpaired) electrons. The molecular formula is C13H17NO2. The highest BCUT2D eigenvalue weighted by atomic mass is 16.5. The van der Waals surface area contributed by atoms with Gasteiger partial charge in [0.05, 0.1) is 7.11 Å². The van der Waals surface area contributed by atoms with Crippen LogP contribution in [0.15, 0.2) is 30.3 Å². The van der Waals surface area contributed by atoms with E-state index in [2.05, 4.69) is 4.74 Å². The van der Waals surface area contributed by atoms with Gasteiger partial charge in [-0.1, -0.05) is 32.0 Å². The summed E-state index contributed by atoms with van der Waals surface area (Å²) in [5, 5.41) is 1.05. The third-order valence-electron chi connectivity index (χ3n) is 2.35. The highest BCUT2D eigenvalue weighted by Gasteiger charge is 2.12. The number of ether oxygens (including phenoxy) is 1. The lowest BCUT2D eigenvalue weighted by atomic mass is 10.2. The van der Waals surface area contributed by atoms with Gasteiger partial charge in [-0.3, -0.25) is 0 Å². The van der Waals surface area contributed by atoms with E-state index in [1.165, 1.54) is 7.11 Å². The Labute approximate surface area is 95.6 Å². The highest BCUT2D eigenvalue weighted by Crippen LogP contribution is 2.18. The quantitative estimate of drug-likeness (QED) is 0.690. The second-order valence-corrected chi connectivity index (χ2v) is 3.14. The number of fused-ring (bicyclic) bond motifs is 1. The van der Waals surface area contributed by atoms with Crippen LogP contribution in [0.5, 0.6) is 0 Å². The summed E-state index contributed by atoms with van der Waals surface area (Å²) in [4.78, 5) is 11.4. The lowest BCUT2D eigenvalue weighted by Crippen LogP contribution is -2.06. The Morgan fingerprint density at radius 3 is 2.44 bits per heavy atom. The SMILES string of the molecule is CC.COC(=O)c1cc2ccccc2n1C. The molecule has 0 unspecified atom stereocenters. The van der Waals surface area contributed by atoms with Crippen LogP contribution in [0.2, 0.25) is 0 Å². The predicted octanol–water partition coefficient (Wildman–Crippen LogP) is 2.99. The van der Waals surface area contributed by atoms with Crippen LogP contribution >= 0.6 is 0 Å². The van der Waals surface area contributed by atoms with Crippen LogP contribution in [-0.2, 0) is 11.8 Å². The Bertz CT molecular complexity index is 486. The monoisotopic (exact) mass is 219 g/mol. The maximum absolute atomic E-state index is 11.4. The molecule has 3 nitrogen and oxygen atoms in total. The van der Waals surface area contributed by atoms with E-state index < -0.39 is 0 Å². The summed E-state index contributed by atoms with van der Waals surface area (Å²) in [6, 6.07) is 9.68. The molecule has 0 spiro atoms. The zero-order chi connectivity index (χ0) is 12.1. The Balaban J connectivity index is 0.000000606. The van der Waals surface area contributed by atoms with Crippen LogP contribution < -0.4 is 0 Å². The van der Waals surface area contributed by atoms with Gasteiger partial charge in [0.15, 0.2) is 0 Å². The summed E-state index contributed by atoms with van der Waals surface area (Å²) in [7, 11) is 3.24. The van der Waals surface area contributed by atoms with Crippen LogP contribution in [0.3, 0.4) is 0 Å². The molecule has 16 heavy (non-hydrogen) atoms. The van der Waals surface area contributed by atoms with Gasteiger partial charge in [-0.05, 0) is 12.1 Å². The molecule has 0 bridgehead atoms. The molecule has 0 aliphatic rings. The third kappa shape index (κ3) is 2.08. The van der Waals surface area contributed by atoms with Crippen molar-refractivity contribution in [3.63, 3.8) is 0 Å². The van der Waals surface area contributed by atoms with Crippen molar-refractivity contribution in [2.24, 2.45) is 7.05 Å². The molecule has 0 N–H and O–H groups in total. The number of carbonyl (C=O) groups excluding carboxylic acids is 1. The summed E-state index contributed by atoms with van der Waals surface area (Å²) >= 11 is 0. The van der Waals surface area contributed by atoms with Gasteiger partial charge in [0.25, 0.3) is 0 Å². The molecule has 86 valence electrons. The first-order chi connectivity index (χ1) is 7.74. The Morgan fingerprint density at radius 1 is 1.25 bits per heavy atom. The zero-order valence-corrected chi connectivity index (χ0v) is 10.2. The predicted molar refractivity (Wildman–Crippen MR) is 65.6 cm³/mol. The molecule has 2 rings (SSSR count). The van der Waals surface area contributed by atoms with Crippen LogP contribution in [0.4, 0.5) is 0 Å². The molecule has 1 aromatic carbocycles. The lowest BCUT2D eigenvalue weighted by Gasteiger charge is -2.00. The lowest BCUT2D eigenvalue weighted by molar-refractivity contribution is 0.0590. The number of benzene rings is 1. The van der Waals surface area contributed by atoms with Crippen LogP contribution in [0.25, 0.3) is 10.9 Å². The molecule has 0 aliphatic carbocycles. The van der Waals surface area contributed by atoms with Gasteiger partial charge in [-0.25, -0.2) is 4.79 Å². The normalized spacial score (nSPS) is 9.50. The Morgan fingerprint density at radius 2 is 1.88 bits per heavy atom. The van der Waals surface area contributed by atoms with Gasteiger partial charge in [-0.15, -0.1) is 0 Å². The first-order valence-electron chi connectivity index (χ1n) is 5.37. The van der Waals surface area contributed by atoms with E-state index in [4.69, 9.17) is 0 Å². The topological polar surface area (TPSA) is 31.2 Å². The fourth-order valence-electron chi connectivity index (χ4n) is 1.59. The molecule has 0 amide bonds. The van der Waals surface area contributed by atoms with Crippen molar-refractivity contribution in [1.82, 2.24) is 4.57 Å². The van der Waals surface area contributed by atoms with E-state index >= 15 is 0 Å². The molecular weight excluding hydrogens is 202 g/mol. The summed E-state index contributed by atoms with van der Waals surface area (Å²) in [5.41, 5.74) is 1.61. The first kappa shape index (κ1) is 12.3. The van der Waals surface area contributed by atoms with E-state index in [1.54, 1.807) is 0 Å². The van der Waals surface area contributed by atoms with E-state index in [9.17, 15) is 4.79 Å². The minimum atomic E-state index is -0.302. The molecule has 2 aromatic rings. The summed E-state index contributed by atoms with van der Waals surface area (Å²) in [6.07, 6.45) is 0. The highest BCUT2D eigenvalue weighted by molar-refractivity contribution is 5.95. The van der Waals surface area contributed by atoms with Crippen molar-refractivity contribution >= 4 is 16.9 Å². The average Bonchev–Trinajstić information content (AvgIpc) is 2.69. The molecule has 1 aromatic heterocycles. The number of carbonyl (C=O) groups is 1. The van der Waals surface area contributed by atoms with Gasteiger partial charge in [-0.2, -0.15) is 0 Å². The van der Waals surface area contributed by atoms with Crippen LogP contribution in [0.1, 0.15) is 24.3 Å². The van der Waals surface area contributed by atoms with Crippen LogP contribution in [0, 0.1) is 0 Å². The maximum atomic E-state index is 11.4. The second kappa shape index (κ2) is 5.35. The van der Waals surface area contributed by atoms with Gasteiger partial charge >= 0.3 is 5.97 Å². The molecule has 0 fully saturated rings. The number of aromatic nitrogens is 1. The van der Waals surface area contributed by atoms with Gasteiger partial charge in [0, 0.05) is 18.0 Å². The minimum Gasteiger partial charge on any atom is -0.464 e. The molecule has 0 saturated heterocycles. The molecule has 1 heterocycles. The standard InChI is InChI=1S/C11H11NO2.C2H6/c1-12-9-6-4-3-5-8(9)7-10(12)11(13)14-2;1-2/h3-7H,1-2H3;1-2H3. The van der Waals surface area contributed by atoms with E-state index in [-0.39, 0.29) is 5.97 Å². The van der Waals surface area contributed by atoms with Crippen molar-refractivity contribution in [2.75, 3.05) is 7.11 Å². The second-order valence-electron chi connectivity index (χ2n) is 3.14. The number of aryl methyl sites for hydroxylation is 1. The fraction of sp³-hybridized carbons (Fsp3) is 0.308. The molecule has 0 saturated carbocycles. The molecule has 0 aliphatic heterocycles. The molecule has 0 atom stereocenters. The first-order valence-corrected chi connectivity index (χ1v) is 5.37. The molecule has 3 heteroatoms. The van der Waals surface area contributed by atoms with Crippen molar-refractivity contribution < 1.29 is 9.53 Å². The number of rotatable bonds is 1. The van der Waals surface area contributed by atoms with Gasteiger partial charge in [0.1, 0.15) is 5.69 Å². The third-order valence-corrected chi connectivity index (χ3v) is 2.35. The number of methoxy groups -OCH3 is 1. The number of hydrogen-bond donors (Lipinski definition) is 0. The largest absolute Gasteiger partial charge is 0.464 e. The number of nitrogens with zero attached hydrogens (tertiary/aromatic N) is 1. The number of para-hydroxylation sites is 1. The Hall–Kier alpha value is -1.77.